The monoisotopic (exact) mass is 398 g/mol. The highest BCUT2D eigenvalue weighted by Crippen LogP contribution is 2.18. The van der Waals surface area contributed by atoms with Crippen molar-refractivity contribution in [3.63, 3.8) is 0 Å². The number of benzene rings is 2. The number of esters is 1. The number of amides is 2. The van der Waals surface area contributed by atoms with Gasteiger partial charge < -0.3 is 4.74 Å². The average Bonchev–Trinajstić information content (AvgIpc) is 3.07. The fraction of sp³-hybridized carbons (Fsp3) is 0.238. The molecule has 2 aromatic carbocycles. The Morgan fingerprint density at radius 3 is 2.34 bits per heavy atom. The van der Waals surface area contributed by atoms with Crippen LogP contribution in [0, 0.1) is 18.7 Å². The van der Waals surface area contributed by atoms with Crippen LogP contribution in [0.4, 0.5) is 4.39 Å². The van der Waals surface area contributed by atoms with Gasteiger partial charge in [-0.2, -0.15) is 0 Å². The van der Waals surface area contributed by atoms with Crippen molar-refractivity contribution >= 4 is 23.6 Å². The zero-order valence-corrected chi connectivity index (χ0v) is 15.7. The highest BCUT2D eigenvalue weighted by molar-refractivity contribution is 5.99. The van der Waals surface area contributed by atoms with Gasteiger partial charge in [-0.05, 0) is 43.3 Å². The molecule has 0 unspecified atom stereocenters. The molecule has 1 heterocycles. The molecule has 7 nitrogen and oxygen atoms in total. The van der Waals surface area contributed by atoms with E-state index < -0.39 is 41.9 Å². The Morgan fingerprint density at radius 2 is 1.69 bits per heavy atom. The molecular formula is C21H19FN2O5. The average molecular weight is 398 g/mol. The Morgan fingerprint density at radius 1 is 1.07 bits per heavy atom. The van der Waals surface area contributed by atoms with Crippen LogP contribution in [-0.4, -0.2) is 41.7 Å². The molecule has 8 heteroatoms. The quantitative estimate of drug-likeness (QED) is 0.594. The van der Waals surface area contributed by atoms with E-state index in [4.69, 9.17) is 4.74 Å². The lowest BCUT2D eigenvalue weighted by Gasteiger charge is -2.17. The van der Waals surface area contributed by atoms with E-state index in [0.29, 0.717) is 5.56 Å². The number of ketones is 1. The standard InChI is InChI=1S/C21H19FN2O5/c1-13-2-4-15(5-3-13)20(27)23-24-11-16(10-19(24)26)21(28)29-12-18(25)14-6-8-17(22)9-7-14/h2-9,16H,10-12H2,1H3,(H,23,27)/t16-/m1/s1. The molecule has 1 atom stereocenters. The van der Waals surface area contributed by atoms with Crippen molar-refractivity contribution in [2.45, 2.75) is 13.3 Å². The van der Waals surface area contributed by atoms with Crippen LogP contribution in [0.25, 0.3) is 0 Å². The van der Waals surface area contributed by atoms with Gasteiger partial charge in [0.05, 0.1) is 12.5 Å². The molecule has 0 bridgehead atoms. The van der Waals surface area contributed by atoms with E-state index in [-0.39, 0.29) is 18.5 Å². The Hall–Kier alpha value is -3.55. The number of halogens is 1. The lowest BCUT2D eigenvalue weighted by atomic mass is 10.1. The summed E-state index contributed by atoms with van der Waals surface area (Å²) < 4.78 is 17.9. The highest BCUT2D eigenvalue weighted by atomic mass is 19.1. The van der Waals surface area contributed by atoms with Crippen molar-refractivity contribution in [2.75, 3.05) is 13.2 Å². The van der Waals surface area contributed by atoms with Gasteiger partial charge in [0.15, 0.2) is 12.4 Å². The van der Waals surface area contributed by atoms with Gasteiger partial charge in [0, 0.05) is 17.5 Å². The van der Waals surface area contributed by atoms with E-state index in [2.05, 4.69) is 5.43 Å². The SMILES string of the molecule is Cc1ccc(C(=O)NN2C[C@H](C(=O)OCC(=O)c3ccc(F)cc3)CC2=O)cc1. The number of nitrogens with one attached hydrogen (secondary N) is 1. The summed E-state index contributed by atoms with van der Waals surface area (Å²) in [6, 6.07) is 11.7. The third-order valence-electron chi connectivity index (χ3n) is 4.52. The Labute approximate surface area is 166 Å². The van der Waals surface area contributed by atoms with E-state index in [1.807, 2.05) is 6.92 Å². The van der Waals surface area contributed by atoms with Crippen molar-refractivity contribution in [3.05, 3.63) is 71.0 Å². The summed E-state index contributed by atoms with van der Waals surface area (Å²) in [6.45, 7) is 1.34. The van der Waals surface area contributed by atoms with Gasteiger partial charge in [0.25, 0.3) is 5.91 Å². The van der Waals surface area contributed by atoms with E-state index in [9.17, 15) is 23.6 Å². The third kappa shape index (κ3) is 5.04. The second kappa shape index (κ2) is 8.64. The molecule has 1 aliphatic heterocycles. The largest absolute Gasteiger partial charge is 0.457 e. The molecule has 2 aromatic rings. The first-order valence-electron chi connectivity index (χ1n) is 8.97. The van der Waals surface area contributed by atoms with Crippen molar-refractivity contribution in [2.24, 2.45) is 5.92 Å². The number of Topliss-reactive ketones (excluding diaryl/α,β-unsaturated/α-hetero) is 1. The number of rotatable bonds is 6. The lowest BCUT2D eigenvalue weighted by molar-refractivity contribution is -0.147. The maximum atomic E-state index is 12.9. The molecule has 0 aromatic heterocycles. The van der Waals surface area contributed by atoms with Crippen LogP contribution in [-0.2, 0) is 14.3 Å². The van der Waals surface area contributed by atoms with Crippen molar-refractivity contribution in [1.29, 1.82) is 0 Å². The van der Waals surface area contributed by atoms with Crippen molar-refractivity contribution < 1.29 is 28.3 Å². The maximum absolute atomic E-state index is 12.9. The van der Waals surface area contributed by atoms with Crippen LogP contribution in [0.5, 0.6) is 0 Å². The third-order valence-corrected chi connectivity index (χ3v) is 4.52. The molecule has 1 saturated heterocycles. The van der Waals surface area contributed by atoms with Gasteiger partial charge in [-0.1, -0.05) is 17.7 Å². The van der Waals surface area contributed by atoms with Crippen molar-refractivity contribution in [3.8, 4) is 0 Å². The summed E-state index contributed by atoms with van der Waals surface area (Å²) in [6.07, 6.45) is -0.127. The fourth-order valence-electron chi connectivity index (χ4n) is 2.84. The van der Waals surface area contributed by atoms with Gasteiger partial charge >= 0.3 is 5.97 Å². The number of hydrazine groups is 1. The predicted molar refractivity (Wildman–Crippen MR) is 100 cm³/mol. The molecule has 1 fully saturated rings. The van der Waals surface area contributed by atoms with Gasteiger partial charge in [-0.25, -0.2) is 4.39 Å². The molecule has 1 N–H and O–H groups in total. The minimum absolute atomic E-state index is 0.0417. The number of ether oxygens (including phenoxy) is 1. The fourth-order valence-corrected chi connectivity index (χ4v) is 2.84. The number of carbonyl (C=O) groups is 4. The Bertz CT molecular complexity index is 941. The van der Waals surface area contributed by atoms with Gasteiger partial charge in [-0.3, -0.25) is 29.6 Å². The minimum Gasteiger partial charge on any atom is -0.457 e. The van der Waals surface area contributed by atoms with Crippen molar-refractivity contribution in [1.82, 2.24) is 10.4 Å². The summed E-state index contributed by atoms with van der Waals surface area (Å²) in [4.78, 5) is 48.5. The first-order valence-corrected chi connectivity index (χ1v) is 8.97. The van der Waals surface area contributed by atoms with E-state index >= 15 is 0 Å². The number of nitrogens with zero attached hydrogens (tertiary/aromatic N) is 1. The summed E-state index contributed by atoms with van der Waals surface area (Å²) in [7, 11) is 0. The molecular weight excluding hydrogens is 379 g/mol. The molecule has 0 aliphatic carbocycles. The maximum Gasteiger partial charge on any atom is 0.311 e. The number of hydrogen-bond donors (Lipinski definition) is 1. The van der Waals surface area contributed by atoms with Crippen LogP contribution in [0.3, 0.4) is 0 Å². The summed E-state index contributed by atoms with van der Waals surface area (Å²) in [5.41, 5.74) is 4.08. The second-order valence-electron chi connectivity index (χ2n) is 6.75. The molecule has 29 heavy (non-hydrogen) atoms. The highest BCUT2D eigenvalue weighted by Gasteiger charge is 2.36. The normalized spacial score (nSPS) is 15.9. The zero-order valence-electron chi connectivity index (χ0n) is 15.7. The van der Waals surface area contributed by atoms with E-state index in [1.165, 1.54) is 12.1 Å². The van der Waals surface area contributed by atoms with E-state index in [1.54, 1.807) is 24.3 Å². The number of hydrogen-bond acceptors (Lipinski definition) is 5. The Balaban J connectivity index is 1.51. The first kappa shape index (κ1) is 20.2. The van der Waals surface area contributed by atoms with Crippen LogP contribution < -0.4 is 5.43 Å². The van der Waals surface area contributed by atoms with Gasteiger partial charge in [0.2, 0.25) is 5.91 Å². The summed E-state index contributed by atoms with van der Waals surface area (Å²) >= 11 is 0. The lowest BCUT2D eigenvalue weighted by Crippen LogP contribution is -2.43. The minimum atomic E-state index is -0.790. The molecule has 150 valence electrons. The molecule has 0 spiro atoms. The zero-order chi connectivity index (χ0) is 21.0. The molecule has 0 saturated carbocycles. The van der Waals surface area contributed by atoms with Gasteiger partial charge in [0.1, 0.15) is 5.82 Å². The van der Waals surface area contributed by atoms with Crippen LogP contribution in [0.1, 0.15) is 32.7 Å². The molecule has 1 aliphatic rings. The smallest absolute Gasteiger partial charge is 0.311 e. The number of aryl methyl sites for hydroxylation is 1. The summed E-state index contributed by atoms with van der Waals surface area (Å²) in [5, 5.41) is 1.08. The van der Waals surface area contributed by atoms with Crippen LogP contribution >= 0.6 is 0 Å². The topological polar surface area (TPSA) is 92.8 Å². The summed E-state index contributed by atoms with van der Waals surface area (Å²) in [5.74, 6) is -3.33. The number of carbonyl (C=O) groups excluding carboxylic acids is 4. The predicted octanol–water partition coefficient (Wildman–Crippen LogP) is 2.05. The van der Waals surface area contributed by atoms with Crippen LogP contribution in [0.2, 0.25) is 0 Å². The molecule has 0 radical (unpaired) electrons. The van der Waals surface area contributed by atoms with Crippen LogP contribution in [0.15, 0.2) is 48.5 Å². The van der Waals surface area contributed by atoms with Gasteiger partial charge in [-0.15, -0.1) is 0 Å². The second-order valence-corrected chi connectivity index (χ2v) is 6.75. The van der Waals surface area contributed by atoms with E-state index in [0.717, 1.165) is 22.7 Å². The Kier molecular flexibility index (Phi) is 6.01. The molecule has 3 rings (SSSR count). The first-order chi connectivity index (χ1) is 13.8. The molecule has 2 amide bonds.